The molecule has 0 saturated carbocycles. The maximum Gasteiger partial charge on any atom is 0.408 e. The van der Waals surface area contributed by atoms with Gasteiger partial charge in [-0.2, -0.15) is 0 Å². The Hall–Kier alpha value is -4.16. The lowest BCUT2D eigenvalue weighted by atomic mass is 10.0. The Morgan fingerprint density at radius 2 is 1.29 bits per heavy atom. The fourth-order valence-electron chi connectivity index (χ4n) is 2.87. The quantitative estimate of drug-likeness (QED) is 0.210. The molecule has 192 valence electrons. The Kier molecular flexibility index (Phi) is 10.7. The van der Waals surface area contributed by atoms with Crippen LogP contribution in [0.25, 0.3) is 0 Å². The van der Waals surface area contributed by atoms with Crippen LogP contribution in [-0.4, -0.2) is 64.5 Å². The zero-order chi connectivity index (χ0) is 26.8. The minimum absolute atomic E-state index is 0.0658. The summed E-state index contributed by atoms with van der Waals surface area (Å²) in [4.78, 5) is 72.2. The molecular formula is C22H31N5O8. The van der Waals surface area contributed by atoms with Crippen molar-refractivity contribution in [1.29, 1.82) is 0 Å². The summed E-state index contributed by atoms with van der Waals surface area (Å²) >= 11 is 0. The number of nitrogens with two attached hydrogens (primary N) is 2. The summed E-state index contributed by atoms with van der Waals surface area (Å²) in [7, 11) is 0. The van der Waals surface area contributed by atoms with E-state index >= 15 is 0 Å². The van der Waals surface area contributed by atoms with Crippen molar-refractivity contribution in [1.82, 2.24) is 16.0 Å². The number of nitrogens with one attached hydrogen (secondary N) is 3. The number of primary amides is 2. The first-order chi connectivity index (χ1) is 16.2. The highest BCUT2D eigenvalue weighted by atomic mass is 16.6. The first-order valence-corrected chi connectivity index (χ1v) is 10.6. The molecule has 13 nitrogen and oxygen atoms in total. The summed E-state index contributed by atoms with van der Waals surface area (Å²) in [6.45, 7) is 4.74. The van der Waals surface area contributed by atoms with Gasteiger partial charge in [0.1, 0.15) is 23.7 Å². The molecule has 0 aromatic heterocycles. The van der Waals surface area contributed by atoms with Gasteiger partial charge in [0.05, 0.1) is 12.8 Å². The van der Waals surface area contributed by atoms with Gasteiger partial charge in [-0.1, -0.05) is 30.3 Å². The van der Waals surface area contributed by atoms with Crippen LogP contribution in [0.15, 0.2) is 30.3 Å². The molecule has 0 unspecified atom stereocenters. The standard InChI is InChI=1S/C22H31N5O8/c1-22(2,3)35-21(34)27-14(11-17(24)29)19(31)25-13(10-16(23)28)18(30)26-15(20(32)33)9-12-7-5-4-6-8-12/h4-8,13-15H,9-11H2,1-3H3,(H2,23,28)(H2,24,29)(H,25,31)(H,26,30)(H,27,34)(H,32,33)/t13-,14-,15-/m0/s1. The van der Waals surface area contributed by atoms with Crippen molar-refractivity contribution >= 4 is 35.7 Å². The maximum absolute atomic E-state index is 12.8. The largest absolute Gasteiger partial charge is 0.480 e. The van der Waals surface area contributed by atoms with Gasteiger partial charge < -0.3 is 37.3 Å². The summed E-state index contributed by atoms with van der Waals surface area (Å²) in [6.07, 6.45) is -2.40. The van der Waals surface area contributed by atoms with E-state index in [1.807, 2.05) is 0 Å². The van der Waals surface area contributed by atoms with Crippen LogP contribution >= 0.6 is 0 Å². The Morgan fingerprint density at radius 1 is 0.829 bits per heavy atom. The van der Waals surface area contributed by atoms with E-state index in [-0.39, 0.29) is 6.42 Å². The Bertz CT molecular complexity index is 945. The highest BCUT2D eigenvalue weighted by molar-refractivity contribution is 5.96. The number of carboxylic acid groups (broad SMARTS) is 1. The van der Waals surface area contributed by atoms with Crippen molar-refractivity contribution in [3.05, 3.63) is 35.9 Å². The lowest BCUT2D eigenvalue weighted by Crippen LogP contribution is -2.57. The Labute approximate surface area is 201 Å². The van der Waals surface area contributed by atoms with E-state index in [9.17, 15) is 33.9 Å². The number of rotatable bonds is 12. The minimum Gasteiger partial charge on any atom is -0.480 e. The molecule has 0 bridgehead atoms. The molecule has 5 amide bonds. The van der Waals surface area contributed by atoms with Crippen molar-refractivity contribution in [3.63, 3.8) is 0 Å². The predicted molar refractivity (Wildman–Crippen MR) is 122 cm³/mol. The summed E-state index contributed by atoms with van der Waals surface area (Å²) in [5, 5.41) is 16.1. The number of hydrogen-bond donors (Lipinski definition) is 6. The molecule has 0 heterocycles. The second kappa shape index (κ2) is 12.9. The van der Waals surface area contributed by atoms with E-state index < -0.39 is 72.3 Å². The zero-order valence-electron chi connectivity index (χ0n) is 19.7. The Balaban J connectivity index is 3.01. The first kappa shape index (κ1) is 28.9. The molecule has 1 aromatic carbocycles. The fraction of sp³-hybridized carbons (Fsp3) is 0.455. The molecule has 0 fully saturated rings. The van der Waals surface area contributed by atoms with E-state index in [4.69, 9.17) is 16.2 Å². The number of carbonyl (C=O) groups is 6. The van der Waals surface area contributed by atoms with Crippen LogP contribution in [0.1, 0.15) is 39.2 Å². The second-order valence-corrected chi connectivity index (χ2v) is 8.69. The fourth-order valence-corrected chi connectivity index (χ4v) is 2.87. The van der Waals surface area contributed by atoms with Crippen LogP contribution in [0.2, 0.25) is 0 Å². The van der Waals surface area contributed by atoms with Gasteiger partial charge in [0.25, 0.3) is 0 Å². The third kappa shape index (κ3) is 11.5. The first-order valence-electron chi connectivity index (χ1n) is 10.6. The Morgan fingerprint density at radius 3 is 1.71 bits per heavy atom. The van der Waals surface area contributed by atoms with Gasteiger partial charge >= 0.3 is 12.1 Å². The molecule has 13 heteroatoms. The zero-order valence-corrected chi connectivity index (χ0v) is 19.7. The molecule has 0 saturated heterocycles. The van der Waals surface area contributed by atoms with Gasteiger partial charge in [-0.15, -0.1) is 0 Å². The van der Waals surface area contributed by atoms with Crippen molar-refractivity contribution < 1.29 is 38.6 Å². The summed E-state index contributed by atoms with van der Waals surface area (Å²) < 4.78 is 5.05. The van der Waals surface area contributed by atoms with E-state index in [0.717, 1.165) is 0 Å². The second-order valence-electron chi connectivity index (χ2n) is 8.69. The summed E-state index contributed by atoms with van der Waals surface area (Å²) in [5.74, 6) is -5.29. The average Bonchev–Trinajstić information content (AvgIpc) is 2.70. The third-order valence-corrected chi connectivity index (χ3v) is 4.35. The lowest BCUT2D eigenvalue weighted by Gasteiger charge is -2.25. The normalized spacial score (nSPS) is 13.5. The molecule has 1 rings (SSSR count). The van der Waals surface area contributed by atoms with Crippen LogP contribution < -0.4 is 27.4 Å². The molecule has 0 aliphatic rings. The minimum atomic E-state index is -1.59. The van der Waals surface area contributed by atoms with Crippen molar-refractivity contribution in [2.45, 2.75) is 63.8 Å². The third-order valence-electron chi connectivity index (χ3n) is 4.35. The molecule has 8 N–H and O–H groups in total. The number of ether oxygens (including phenoxy) is 1. The van der Waals surface area contributed by atoms with E-state index in [2.05, 4.69) is 16.0 Å². The number of aliphatic carboxylic acids is 1. The van der Waals surface area contributed by atoms with Crippen molar-refractivity contribution in [2.75, 3.05) is 0 Å². The summed E-state index contributed by atoms with van der Waals surface area (Å²) in [6, 6.07) is 3.97. The monoisotopic (exact) mass is 493 g/mol. The molecule has 1 aromatic rings. The van der Waals surface area contributed by atoms with Crippen LogP contribution in [0.5, 0.6) is 0 Å². The van der Waals surface area contributed by atoms with Crippen LogP contribution in [0.4, 0.5) is 4.79 Å². The predicted octanol–water partition coefficient (Wildman–Crippen LogP) is -1.07. The number of carboxylic acids is 1. The molecule has 0 spiro atoms. The number of amides is 5. The van der Waals surface area contributed by atoms with Crippen LogP contribution in [-0.2, 0) is 35.1 Å². The number of benzene rings is 1. The summed E-state index contributed by atoms with van der Waals surface area (Å²) in [5.41, 5.74) is 10.0. The van der Waals surface area contributed by atoms with E-state index in [1.54, 1.807) is 51.1 Å². The number of carbonyl (C=O) groups excluding carboxylic acids is 5. The average molecular weight is 494 g/mol. The van der Waals surface area contributed by atoms with Gasteiger partial charge in [0.15, 0.2) is 0 Å². The van der Waals surface area contributed by atoms with Crippen molar-refractivity contribution in [3.8, 4) is 0 Å². The number of hydrogen-bond acceptors (Lipinski definition) is 7. The van der Waals surface area contributed by atoms with Crippen LogP contribution in [0.3, 0.4) is 0 Å². The molecule has 35 heavy (non-hydrogen) atoms. The highest BCUT2D eigenvalue weighted by Gasteiger charge is 2.32. The van der Waals surface area contributed by atoms with Gasteiger partial charge in [0, 0.05) is 6.42 Å². The number of alkyl carbamates (subject to hydrolysis) is 1. The van der Waals surface area contributed by atoms with E-state index in [1.165, 1.54) is 0 Å². The molecule has 0 aliphatic carbocycles. The van der Waals surface area contributed by atoms with Crippen LogP contribution in [0, 0.1) is 0 Å². The smallest absolute Gasteiger partial charge is 0.408 e. The molecular weight excluding hydrogens is 462 g/mol. The van der Waals surface area contributed by atoms with Crippen molar-refractivity contribution in [2.24, 2.45) is 11.5 Å². The SMILES string of the molecule is CC(C)(C)OC(=O)N[C@@H](CC(N)=O)C(=O)N[C@@H](CC(N)=O)C(=O)N[C@@H](Cc1ccccc1)C(=O)O. The topological polar surface area (TPSA) is 220 Å². The lowest BCUT2D eigenvalue weighted by molar-refractivity contribution is -0.142. The maximum atomic E-state index is 12.8. The van der Waals surface area contributed by atoms with Gasteiger partial charge in [0.2, 0.25) is 23.6 Å². The molecule has 3 atom stereocenters. The molecule has 0 aliphatic heterocycles. The van der Waals surface area contributed by atoms with E-state index in [0.29, 0.717) is 5.56 Å². The van der Waals surface area contributed by atoms with Gasteiger partial charge in [-0.3, -0.25) is 19.2 Å². The molecule has 0 radical (unpaired) electrons. The highest BCUT2D eigenvalue weighted by Crippen LogP contribution is 2.08. The van der Waals surface area contributed by atoms with Gasteiger partial charge in [-0.25, -0.2) is 9.59 Å². The van der Waals surface area contributed by atoms with Gasteiger partial charge in [-0.05, 0) is 26.3 Å².